The molecule has 0 aliphatic heterocycles. The molecule has 0 saturated carbocycles. The number of ether oxygens (including phenoxy) is 1. The SMILES string of the molecule is CC(=O)Nc1ccc(NC(=O)[C@H](C)Oc2ccccc2C#N)cc1. The summed E-state index contributed by atoms with van der Waals surface area (Å²) >= 11 is 0. The Bertz CT molecular complexity index is 779. The molecule has 0 spiro atoms. The number of anilines is 2. The van der Waals surface area contributed by atoms with Gasteiger partial charge in [-0.25, -0.2) is 0 Å². The standard InChI is InChI=1S/C18H17N3O3/c1-12(24-17-6-4-3-5-14(17)11-19)18(23)21-16-9-7-15(8-10-16)20-13(2)22/h3-10,12H,1-2H3,(H,20,22)(H,21,23)/t12-/m0/s1. The van der Waals surface area contributed by atoms with E-state index in [9.17, 15) is 9.59 Å². The second-order valence-corrected chi connectivity index (χ2v) is 5.12. The second-order valence-electron chi connectivity index (χ2n) is 5.12. The zero-order valence-electron chi connectivity index (χ0n) is 13.4. The van der Waals surface area contributed by atoms with Gasteiger partial charge in [0, 0.05) is 18.3 Å². The van der Waals surface area contributed by atoms with E-state index in [1.165, 1.54) is 6.92 Å². The quantitative estimate of drug-likeness (QED) is 0.885. The average Bonchev–Trinajstić information content (AvgIpc) is 2.56. The Kier molecular flexibility index (Phi) is 5.53. The van der Waals surface area contributed by atoms with E-state index in [0.717, 1.165) is 0 Å². The number of para-hydroxylation sites is 1. The molecule has 122 valence electrons. The van der Waals surface area contributed by atoms with E-state index in [-0.39, 0.29) is 11.8 Å². The summed E-state index contributed by atoms with van der Waals surface area (Å²) in [4.78, 5) is 23.2. The van der Waals surface area contributed by atoms with Crippen molar-refractivity contribution in [3.63, 3.8) is 0 Å². The van der Waals surface area contributed by atoms with Gasteiger partial charge >= 0.3 is 0 Å². The van der Waals surface area contributed by atoms with Crippen LogP contribution in [0.5, 0.6) is 5.75 Å². The summed E-state index contributed by atoms with van der Waals surface area (Å²) in [6.07, 6.45) is -0.769. The predicted octanol–water partition coefficient (Wildman–Crippen LogP) is 2.92. The number of nitriles is 1. The number of nitrogens with one attached hydrogen (secondary N) is 2. The third-order valence-corrected chi connectivity index (χ3v) is 3.15. The third kappa shape index (κ3) is 4.58. The summed E-state index contributed by atoms with van der Waals surface area (Å²) in [5.41, 5.74) is 1.60. The number of carbonyl (C=O) groups is 2. The summed E-state index contributed by atoms with van der Waals surface area (Å²) in [7, 11) is 0. The number of nitrogens with zero attached hydrogens (tertiary/aromatic N) is 1. The molecule has 2 N–H and O–H groups in total. The van der Waals surface area contributed by atoms with Gasteiger partial charge < -0.3 is 15.4 Å². The van der Waals surface area contributed by atoms with Gasteiger partial charge in [-0.3, -0.25) is 9.59 Å². The van der Waals surface area contributed by atoms with E-state index in [4.69, 9.17) is 10.00 Å². The van der Waals surface area contributed by atoms with Gasteiger partial charge in [-0.2, -0.15) is 5.26 Å². The third-order valence-electron chi connectivity index (χ3n) is 3.15. The van der Waals surface area contributed by atoms with Crippen molar-refractivity contribution in [1.82, 2.24) is 0 Å². The topological polar surface area (TPSA) is 91.2 Å². The molecule has 1 atom stereocenters. The van der Waals surface area contributed by atoms with Gasteiger partial charge in [-0.15, -0.1) is 0 Å². The van der Waals surface area contributed by atoms with Gasteiger partial charge in [0.25, 0.3) is 5.91 Å². The number of hydrogen-bond donors (Lipinski definition) is 2. The van der Waals surface area contributed by atoms with Crippen LogP contribution in [0, 0.1) is 11.3 Å². The maximum Gasteiger partial charge on any atom is 0.265 e. The summed E-state index contributed by atoms with van der Waals surface area (Å²) in [5.74, 6) is -0.136. The molecule has 6 heteroatoms. The van der Waals surface area contributed by atoms with Crippen molar-refractivity contribution >= 4 is 23.2 Å². The Morgan fingerprint density at radius 1 is 1.04 bits per heavy atom. The normalized spacial score (nSPS) is 11.0. The molecular formula is C18H17N3O3. The van der Waals surface area contributed by atoms with Crippen LogP contribution >= 0.6 is 0 Å². The van der Waals surface area contributed by atoms with Crippen molar-refractivity contribution in [1.29, 1.82) is 5.26 Å². The molecule has 0 saturated heterocycles. The molecule has 0 aromatic heterocycles. The molecule has 24 heavy (non-hydrogen) atoms. The van der Waals surface area contributed by atoms with E-state index in [2.05, 4.69) is 10.6 Å². The minimum Gasteiger partial charge on any atom is -0.480 e. The highest BCUT2D eigenvalue weighted by molar-refractivity contribution is 5.94. The highest BCUT2D eigenvalue weighted by Gasteiger charge is 2.16. The number of benzene rings is 2. The Labute approximate surface area is 140 Å². The molecule has 0 aliphatic carbocycles. The molecule has 2 amide bonds. The lowest BCUT2D eigenvalue weighted by Crippen LogP contribution is -2.30. The lowest BCUT2D eigenvalue weighted by molar-refractivity contribution is -0.122. The number of carbonyl (C=O) groups excluding carboxylic acids is 2. The van der Waals surface area contributed by atoms with Gasteiger partial charge in [0.1, 0.15) is 11.8 Å². The van der Waals surface area contributed by atoms with Gasteiger partial charge in [-0.05, 0) is 43.3 Å². The Morgan fingerprint density at radius 3 is 2.21 bits per heavy atom. The van der Waals surface area contributed by atoms with Crippen molar-refractivity contribution in [2.24, 2.45) is 0 Å². The fraction of sp³-hybridized carbons (Fsp3) is 0.167. The van der Waals surface area contributed by atoms with Crippen LogP contribution in [-0.2, 0) is 9.59 Å². The lowest BCUT2D eigenvalue weighted by Gasteiger charge is -2.15. The molecule has 0 radical (unpaired) electrons. The van der Waals surface area contributed by atoms with Crippen LogP contribution in [0.2, 0.25) is 0 Å². The summed E-state index contributed by atoms with van der Waals surface area (Å²) in [6.45, 7) is 3.03. The van der Waals surface area contributed by atoms with Crippen molar-refractivity contribution in [2.75, 3.05) is 10.6 Å². The molecule has 0 bridgehead atoms. The molecule has 0 unspecified atom stereocenters. The van der Waals surface area contributed by atoms with Crippen molar-refractivity contribution in [3.05, 3.63) is 54.1 Å². The van der Waals surface area contributed by atoms with Gasteiger partial charge in [0.2, 0.25) is 5.91 Å². The fourth-order valence-corrected chi connectivity index (χ4v) is 1.99. The van der Waals surface area contributed by atoms with Crippen LogP contribution < -0.4 is 15.4 Å². The van der Waals surface area contributed by atoms with E-state index in [1.54, 1.807) is 55.5 Å². The first-order valence-electron chi connectivity index (χ1n) is 7.34. The van der Waals surface area contributed by atoms with Crippen LogP contribution in [0.3, 0.4) is 0 Å². The van der Waals surface area contributed by atoms with Gasteiger partial charge in [-0.1, -0.05) is 12.1 Å². The molecular weight excluding hydrogens is 306 g/mol. The summed E-state index contributed by atoms with van der Waals surface area (Å²) in [5, 5.41) is 14.4. The summed E-state index contributed by atoms with van der Waals surface area (Å²) in [6, 6.07) is 15.5. The van der Waals surface area contributed by atoms with E-state index in [0.29, 0.717) is 22.7 Å². The molecule has 0 heterocycles. The predicted molar refractivity (Wildman–Crippen MR) is 90.6 cm³/mol. The minimum atomic E-state index is -0.769. The molecule has 2 aromatic carbocycles. The van der Waals surface area contributed by atoms with Crippen molar-refractivity contribution < 1.29 is 14.3 Å². The first-order valence-corrected chi connectivity index (χ1v) is 7.34. The van der Waals surface area contributed by atoms with Crippen LogP contribution in [0.25, 0.3) is 0 Å². The number of hydrogen-bond acceptors (Lipinski definition) is 4. The minimum absolute atomic E-state index is 0.162. The fourth-order valence-electron chi connectivity index (χ4n) is 1.99. The maximum absolute atomic E-state index is 12.2. The highest BCUT2D eigenvalue weighted by Crippen LogP contribution is 2.19. The number of amides is 2. The first kappa shape index (κ1) is 17.0. The number of rotatable bonds is 5. The molecule has 2 rings (SSSR count). The summed E-state index contributed by atoms with van der Waals surface area (Å²) < 4.78 is 5.56. The molecule has 0 fully saturated rings. The zero-order chi connectivity index (χ0) is 17.5. The molecule has 2 aromatic rings. The van der Waals surface area contributed by atoms with E-state index < -0.39 is 6.10 Å². The average molecular weight is 323 g/mol. The van der Waals surface area contributed by atoms with Gasteiger partial charge in [0.05, 0.1) is 5.56 Å². The molecule has 0 aliphatic rings. The Hall–Kier alpha value is -3.33. The zero-order valence-corrected chi connectivity index (χ0v) is 13.4. The van der Waals surface area contributed by atoms with Crippen LogP contribution in [-0.4, -0.2) is 17.9 Å². The molecule has 6 nitrogen and oxygen atoms in total. The van der Waals surface area contributed by atoms with Crippen molar-refractivity contribution in [2.45, 2.75) is 20.0 Å². The smallest absolute Gasteiger partial charge is 0.265 e. The lowest BCUT2D eigenvalue weighted by atomic mass is 10.2. The van der Waals surface area contributed by atoms with E-state index >= 15 is 0 Å². The Balaban J connectivity index is 1.99. The van der Waals surface area contributed by atoms with Crippen molar-refractivity contribution in [3.8, 4) is 11.8 Å². The van der Waals surface area contributed by atoms with Crippen LogP contribution in [0.1, 0.15) is 19.4 Å². The van der Waals surface area contributed by atoms with Gasteiger partial charge in [0.15, 0.2) is 6.10 Å². The van der Waals surface area contributed by atoms with Crippen LogP contribution in [0.15, 0.2) is 48.5 Å². The highest BCUT2D eigenvalue weighted by atomic mass is 16.5. The maximum atomic E-state index is 12.2. The van der Waals surface area contributed by atoms with Crippen LogP contribution in [0.4, 0.5) is 11.4 Å². The first-order chi connectivity index (χ1) is 11.5. The van der Waals surface area contributed by atoms with E-state index in [1.807, 2.05) is 6.07 Å². The largest absolute Gasteiger partial charge is 0.480 e. The second kappa shape index (κ2) is 7.79. The monoisotopic (exact) mass is 323 g/mol. The Morgan fingerprint density at radius 2 is 1.62 bits per heavy atom.